The second-order valence-corrected chi connectivity index (χ2v) is 2.71. The number of hydrogen-bond acceptors (Lipinski definition) is 3. The zero-order valence-corrected chi connectivity index (χ0v) is 7.38. The molecule has 5 heteroatoms. The Labute approximate surface area is 74.2 Å². The SMILES string of the molecule is Cc1nc(C(=O)O)nc(Cl)c1C. The summed E-state index contributed by atoms with van der Waals surface area (Å²) in [5.41, 5.74) is 1.30. The lowest BCUT2D eigenvalue weighted by Gasteiger charge is -2.01. The fourth-order valence-electron chi connectivity index (χ4n) is 0.689. The Morgan fingerprint density at radius 2 is 2.00 bits per heavy atom. The van der Waals surface area contributed by atoms with Gasteiger partial charge in [0.05, 0.1) is 0 Å². The van der Waals surface area contributed by atoms with Gasteiger partial charge in [0.25, 0.3) is 0 Å². The van der Waals surface area contributed by atoms with Gasteiger partial charge < -0.3 is 5.11 Å². The van der Waals surface area contributed by atoms with Gasteiger partial charge in [-0.1, -0.05) is 11.6 Å². The summed E-state index contributed by atoms with van der Waals surface area (Å²) in [6.07, 6.45) is 0. The first-order chi connectivity index (χ1) is 5.52. The zero-order valence-electron chi connectivity index (χ0n) is 6.63. The highest BCUT2D eigenvalue weighted by atomic mass is 35.5. The van der Waals surface area contributed by atoms with Crippen molar-refractivity contribution < 1.29 is 9.90 Å². The molecular weight excluding hydrogens is 180 g/mol. The molecule has 4 nitrogen and oxygen atoms in total. The Kier molecular flexibility index (Phi) is 2.28. The van der Waals surface area contributed by atoms with E-state index in [4.69, 9.17) is 16.7 Å². The second kappa shape index (κ2) is 3.06. The van der Waals surface area contributed by atoms with Crippen molar-refractivity contribution in [2.24, 2.45) is 0 Å². The predicted molar refractivity (Wildman–Crippen MR) is 43.5 cm³/mol. The molecular formula is C7H7ClN2O2. The standard InChI is InChI=1S/C7H7ClN2O2/c1-3-4(2)9-6(7(11)12)10-5(3)8/h1-2H3,(H,11,12). The Hall–Kier alpha value is -1.16. The topological polar surface area (TPSA) is 63.1 Å². The quantitative estimate of drug-likeness (QED) is 0.675. The predicted octanol–water partition coefficient (Wildman–Crippen LogP) is 1.45. The van der Waals surface area contributed by atoms with Crippen LogP contribution >= 0.6 is 11.6 Å². The molecule has 0 spiro atoms. The lowest BCUT2D eigenvalue weighted by molar-refractivity contribution is 0.0683. The third-order valence-electron chi connectivity index (χ3n) is 1.52. The van der Waals surface area contributed by atoms with E-state index < -0.39 is 5.97 Å². The van der Waals surface area contributed by atoms with E-state index in [1.54, 1.807) is 13.8 Å². The summed E-state index contributed by atoms with van der Waals surface area (Å²) in [5, 5.41) is 8.74. The first kappa shape index (κ1) is 8.93. The Morgan fingerprint density at radius 3 is 2.42 bits per heavy atom. The third kappa shape index (κ3) is 1.53. The second-order valence-electron chi connectivity index (χ2n) is 2.35. The van der Waals surface area contributed by atoms with Crippen LogP contribution in [0.3, 0.4) is 0 Å². The molecule has 12 heavy (non-hydrogen) atoms. The van der Waals surface area contributed by atoms with Crippen LogP contribution in [0.15, 0.2) is 0 Å². The van der Waals surface area contributed by atoms with Gasteiger partial charge in [-0.05, 0) is 13.8 Å². The average molecular weight is 187 g/mol. The average Bonchev–Trinajstić information content (AvgIpc) is 1.99. The molecule has 0 atom stereocenters. The number of halogens is 1. The van der Waals surface area contributed by atoms with Crippen LogP contribution in [0, 0.1) is 13.8 Å². The fourth-order valence-corrected chi connectivity index (χ4v) is 0.906. The van der Waals surface area contributed by atoms with E-state index in [1.807, 2.05) is 0 Å². The molecule has 1 heterocycles. The largest absolute Gasteiger partial charge is 0.475 e. The van der Waals surface area contributed by atoms with Crippen LogP contribution in [-0.4, -0.2) is 21.0 Å². The number of rotatable bonds is 1. The summed E-state index contributed by atoms with van der Waals surface area (Å²) in [5.74, 6) is -1.43. The summed E-state index contributed by atoms with van der Waals surface area (Å²) in [6, 6.07) is 0. The van der Waals surface area contributed by atoms with E-state index >= 15 is 0 Å². The monoisotopic (exact) mass is 186 g/mol. The molecule has 0 bridgehead atoms. The van der Waals surface area contributed by atoms with Crippen LogP contribution in [0.25, 0.3) is 0 Å². The summed E-state index contributed by atoms with van der Waals surface area (Å²) in [6.45, 7) is 3.43. The van der Waals surface area contributed by atoms with Gasteiger partial charge in [-0.2, -0.15) is 0 Å². The van der Waals surface area contributed by atoms with Crippen molar-refractivity contribution in [2.75, 3.05) is 0 Å². The molecule has 0 aliphatic carbocycles. The van der Waals surface area contributed by atoms with Crippen molar-refractivity contribution in [3.05, 3.63) is 22.2 Å². The highest BCUT2D eigenvalue weighted by molar-refractivity contribution is 6.30. The normalized spacial score (nSPS) is 9.92. The number of aromatic carboxylic acids is 1. The van der Waals surface area contributed by atoms with Gasteiger partial charge >= 0.3 is 5.97 Å². The van der Waals surface area contributed by atoms with Crippen molar-refractivity contribution >= 4 is 17.6 Å². The van der Waals surface area contributed by atoms with Crippen molar-refractivity contribution in [3.8, 4) is 0 Å². The molecule has 1 rings (SSSR count). The molecule has 0 aliphatic heterocycles. The van der Waals surface area contributed by atoms with Gasteiger partial charge in [0.15, 0.2) is 0 Å². The molecule has 0 unspecified atom stereocenters. The number of carboxylic acid groups (broad SMARTS) is 1. The molecule has 0 aliphatic rings. The van der Waals surface area contributed by atoms with Crippen molar-refractivity contribution in [2.45, 2.75) is 13.8 Å². The minimum atomic E-state index is -1.17. The van der Waals surface area contributed by atoms with E-state index in [0.29, 0.717) is 11.3 Å². The molecule has 0 amide bonds. The van der Waals surface area contributed by atoms with Crippen LogP contribution in [0.4, 0.5) is 0 Å². The van der Waals surface area contributed by atoms with Crippen LogP contribution in [-0.2, 0) is 0 Å². The van der Waals surface area contributed by atoms with Gasteiger partial charge in [-0.3, -0.25) is 0 Å². The Balaban J connectivity index is 3.31. The lowest BCUT2D eigenvalue weighted by atomic mass is 10.3. The van der Waals surface area contributed by atoms with E-state index in [1.165, 1.54) is 0 Å². The van der Waals surface area contributed by atoms with E-state index in [2.05, 4.69) is 9.97 Å². The maximum atomic E-state index is 10.4. The van der Waals surface area contributed by atoms with Gasteiger partial charge in [0.2, 0.25) is 5.82 Å². The van der Waals surface area contributed by atoms with E-state index in [9.17, 15) is 4.79 Å². The highest BCUT2D eigenvalue weighted by Crippen LogP contribution is 2.14. The fraction of sp³-hybridized carbons (Fsp3) is 0.286. The highest BCUT2D eigenvalue weighted by Gasteiger charge is 2.10. The summed E-state index contributed by atoms with van der Waals surface area (Å²) in [7, 11) is 0. The van der Waals surface area contributed by atoms with E-state index in [0.717, 1.165) is 0 Å². The number of carboxylic acids is 1. The number of aromatic nitrogens is 2. The first-order valence-electron chi connectivity index (χ1n) is 3.26. The van der Waals surface area contributed by atoms with Crippen LogP contribution < -0.4 is 0 Å². The molecule has 64 valence electrons. The van der Waals surface area contributed by atoms with Crippen LogP contribution in [0.2, 0.25) is 5.15 Å². The summed E-state index contributed by atoms with van der Waals surface area (Å²) >= 11 is 5.65. The van der Waals surface area contributed by atoms with Gasteiger partial charge in [-0.25, -0.2) is 14.8 Å². The lowest BCUT2D eigenvalue weighted by Crippen LogP contribution is -2.06. The molecule has 0 saturated heterocycles. The summed E-state index contributed by atoms with van der Waals surface area (Å²) < 4.78 is 0. The van der Waals surface area contributed by atoms with Gasteiger partial charge in [-0.15, -0.1) is 0 Å². The zero-order chi connectivity index (χ0) is 9.30. The van der Waals surface area contributed by atoms with Crippen LogP contribution in [0.5, 0.6) is 0 Å². The number of carbonyl (C=O) groups is 1. The number of nitrogens with zero attached hydrogens (tertiary/aromatic N) is 2. The third-order valence-corrected chi connectivity index (χ3v) is 1.89. The van der Waals surface area contributed by atoms with E-state index in [-0.39, 0.29) is 11.0 Å². The van der Waals surface area contributed by atoms with Crippen molar-refractivity contribution in [1.82, 2.24) is 9.97 Å². The molecule has 0 saturated carbocycles. The number of hydrogen-bond donors (Lipinski definition) is 1. The molecule has 0 fully saturated rings. The Morgan fingerprint density at radius 1 is 1.42 bits per heavy atom. The molecule has 0 radical (unpaired) electrons. The molecule has 0 aromatic carbocycles. The minimum absolute atomic E-state index is 0.194. The number of aryl methyl sites for hydroxylation is 1. The smallest absolute Gasteiger partial charge is 0.373 e. The molecule has 1 N–H and O–H groups in total. The van der Waals surface area contributed by atoms with Crippen molar-refractivity contribution in [3.63, 3.8) is 0 Å². The minimum Gasteiger partial charge on any atom is -0.475 e. The molecule has 1 aromatic heterocycles. The first-order valence-corrected chi connectivity index (χ1v) is 3.64. The van der Waals surface area contributed by atoms with Crippen molar-refractivity contribution in [1.29, 1.82) is 0 Å². The maximum Gasteiger partial charge on any atom is 0.373 e. The summed E-state index contributed by atoms with van der Waals surface area (Å²) in [4.78, 5) is 17.8. The maximum absolute atomic E-state index is 10.4. The van der Waals surface area contributed by atoms with Gasteiger partial charge in [0, 0.05) is 11.3 Å². The Bertz CT molecular complexity index is 315. The molecule has 1 aromatic rings. The van der Waals surface area contributed by atoms with Gasteiger partial charge in [0.1, 0.15) is 5.15 Å². The van der Waals surface area contributed by atoms with Crippen LogP contribution in [0.1, 0.15) is 21.9 Å².